The van der Waals surface area contributed by atoms with Crippen molar-refractivity contribution in [1.82, 2.24) is 0 Å². The highest BCUT2D eigenvalue weighted by molar-refractivity contribution is 7.99. The number of rotatable bonds is 9. The van der Waals surface area contributed by atoms with Crippen LogP contribution in [0.4, 0.5) is 34.1 Å². The van der Waals surface area contributed by atoms with Gasteiger partial charge in [0.15, 0.2) is 8.07 Å². The summed E-state index contributed by atoms with van der Waals surface area (Å²) in [4.78, 5) is 7.54. The Balaban J connectivity index is 1.03. The predicted octanol–water partition coefficient (Wildman–Crippen LogP) is 15.6. The van der Waals surface area contributed by atoms with Crippen LogP contribution in [-0.2, 0) is 5.41 Å². The monoisotopic (exact) mass is 1070 g/mol. The first-order valence-electron chi connectivity index (χ1n) is 27.8. The molecule has 0 saturated heterocycles. The van der Waals surface area contributed by atoms with Gasteiger partial charge in [-0.15, -0.1) is 0 Å². The Labute approximate surface area is 476 Å². The summed E-state index contributed by atoms with van der Waals surface area (Å²) in [5.74, 6) is 0. The third-order valence-corrected chi connectivity index (χ3v) is 26.9. The summed E-state index contributed by atoms with van der Waals surface area (Å²) in [5.41, 5.74) is 16.7. The molecule has 3 aliphatic rings. The van der Waals surface area contributed by atoms with Crippen molar-refractivity contribution >= 4 is 93.2 Å². The lowest BCUT2D eigenvalue weighted by Crippen LogP contribution is -2.74. The fourth-order valence-electron chi connectivity index (χ4n) is 14.0. The number of para-hydroxylation sites is 4. The summed E-state index contributed by atoms with van der Waals surface area (Å²) in [6, 6.07) is 115. The van der Waals surface area contributed by atoms with Gasteiger partial charge in [0.05, 0.1) is 22.5 Å². The van der Waals surface area contributed by atoms with Crippen LogP contribution in [0, 0.1) is 0 Å². The minimum Gasteiger partial charge on any atom is -0.310 e. The standard InChI is InChI=1S/C75H56N2SSi2/c1-79(2)73-46-22-18-42-69(73)77(70-43-19-23-47-74(70)79)66-49-48-60(52-63(66)53-26-24-30-56(50-53)76-67-40-16-20-44-71(67)78-72-45-21-17-41-68(72)76)80(57-31-8-4-9-32-57,58-33-10-5-11-34-58)59-35-25-29-55(51-59)75(54-27-6-3-7-28-54)64-38-14-12-36-61(64)62-37-13-15-39-65(62)75/h3-52H,1-2H3. The average molecular weight is 1070 g/mol. The molecule has 2 aliphatic heterocycles. The SMILES string of the molecule is C[Si]1(C)c2ccccc2N(c2ccc([Si](c3ccccc3)(c3ccccc3)c3cccc(C4(c5ccccc5)c5ccccc5-c5ccccc54)c3)cc2-c2cccc(N3c4ccccc4Sc4ccccc43)c2)c2ccccc21. The second-order valence-corrected chi connectivity index (χ2v) is 31.1. The van der Waals surface area contributed by atoms with Crippen LogP contribution < -0.4 is 40.9 Å². The van der Waals surface area contributed by atoms with Gasteiger partial charge in [-0.05, 0) is 125 Å². The molecular weight excluding hydrogens is 1020 g/mol. The molecule has 0 radical (unpaired) electrons. The Kier molecular flexibility index (Phi) is 11.5. The first-order chi connectivity index (χ1) is 39.5. The van der Waals surface area contributed by atoms with Gasteiger partial charge in [-0.2, -0.15) is 0 Å². The Hall–Kier alpha value is -8.98. The molecule has 0 fully saturated rings. The summed E-state index contributed by atoms with van der Waals surface area (Å²) < 4.78 is 0. The van der Waals surface area contributed by atoms with E-state index in [0.29, 0.717) is 0 Å². The zero-order valence-corrected chi connectivity index (χ0v) is 47.5. The maximum atomic E-state index is 2.61. The van der Waals surface area contributed by atoms with Crippen LogP contribution in [0.5, 0.6) is 0 Å². The van der Waals surface area contributed by atoms with Gasteiger partial charge in [-0.3, -0.25) is 0 Å². The van der Waals surface area contributed by atoms with Crippen LogP contribution in [0.25, 0.3) is 22.3 Å². The molecule has 5 heteroatoms. The molecule has 0 unspecified atom stereocenters. The van der Waals surface area contributed by atoms with Gasteiger partial charge in [-0.1, -0.05) is 274 Å². The van der Waals surface area contributed by atoms with Gasteiger partial charge in [0.2, 0.25) is 0 Å². The fourth-order valence-corrected chi connectivity index (χ4v) is 22.8. The first-order valence-corrected chi connectivity index (χ1v) is 33.6. The van der Waals surface area contributed by atoms with Crippen LogP contribution in [0.1, 0.15) is 22.3 Å². The molecule has 2 nitrogen and oxygen atoms in total. The third-order valence-electron chi connectivity index (χ3n) is 17.5. The Bertz CT molecular complexity index is 4170. The molecule has 0 spiro atoms. The van der Waals surface area contributed by atoms with Crippen molar-refractivity contribution in [1.29, 1.82) is 0 Å². The summed E-state index contributed by atoms with van der Waals surface area (Å²) >= 11 is 1.85. The maximum absolute atomic E-state index is 3.27. The zero-order valence-electron chi connectivity index (χ0n) is 44.7. The second-order valence-electron chi connectivity index (χ2n) is 21.9. The lowest BCUT2D eigenvalue weighted by molar-refractivity contribution is 0.769. The van der Waals surface area contributed by atoms with Gasteiger partial charge in [0.1, 0.15) is 8.07 Å². The molecule has 0 N–H and O–H groups in total. The highest BCUT2D eigenvalue weighted by Gasteiger charge is 2.48. The number of hydrogen-bond acceptors (Lipinski definition) is 3. The molecule has 12 aromatic rings. The zero-order chi connectivity index (χ0) is 53.4. The van der Waals surface area contributed by atoms with Gasteiger partial charge >= 0.3 is 0 Å². The van der Waals surface area contributed by atoms with Crippen molar-refractivity contribution in [2.75, 3.05) is 9.80 Å². The summed E-state index contributed by atoms with van der Waals surface area (Å²) in [6.45, 7) is 5.03. The molecule has 0 amide bonds. The maximum Gasteiger partial charge on any atom is 0.179 e. The number of anilines is 6. The molecule has 380 valence electrons. The molecule has 0 aromatic heterocycles. The van der Waals surface area contributed by atoms with Crippen LogP contribution in [0.2, 0.25) is 13.1 Å². The molecular formula is C75H56N2SSi2. The van der Waals surface area contributed by atoms with E-state index in [4.69, 9.17) is 0 Å². The predicted molar refractivity (Wildman–Crippen MR) is 343 cm³/mol. The minimum atomic E-state index is -3.27. The second kappa shape index (κ2) is 19.1. The van der Waals surface area contributed by atoms with Gasteiger partial charge in [0.25, 0.3) is 0 Å². The van der Waals surface area contributed by atoms with Crippen LogP contribution in [0.3, 0.4) is 0 Å². The van der Waals surface area contributed by atoms with Gasteiger partial charge in [-0.25, -0.2) is 0 Å². The van der Waals surface area contributed by atoms with Gasteiger partial charge in [0, 0.05) is 32.4 Å². The Morgan fingerprint density at radius 1 is 0.325 bits per heavy atom. The van der Waals surface area contributed by atoms with Crippen LogP contribution in [0.15, 0.2) is 313 Å². The Morgan fingerprint density at radius 2 is 0.787 bits per heavy atom. The number of hydrogen-bond donors (Lipinski definition) is 0. The van der Waals surface area contributed by atoms with Crippen molar-refractivity contribution in [3.8, 4) is 22.3 Å². The van der Waals surface area contributed by atoms with Crippen LogP contribution >= 0.6 is 11.8 Å². The highest BCUT2D eigenvalue weighted by atomic mass is 32.2. The summed E-state index contributed by atoms with van der Waals surface area (Å²) in [7, 11) is -5.38. The molecule has 2 heterocycles. The molecule has 0 saturated carbocycles. The number of nitrogens with zero attached hydrogens (tertiary/aromatic N) is 2. The van der Waals surface area contributed by atoms with E-state index in [2.05, 4.69) is 326 Å². The smallest absolute Gasteiger partial charge is 0.179 e. The molecule has 0 atom stereocenters. The Morgan fingerprint density at radius 3 is 1.39 bits per heavy atom. The van der Waals surface area contributed by atoms with Crippen LogP contribution in [-0.4, -0.2) is 16.1 Å². The van der Waals surface area contributed by atoms with E-state index in [1.807, 2.05) is 11.8 Å². The van der Waals surface area contributed by atoms with E-state index in [1.165, 1.54) is 103 Å². The van der Waals surface area contributed by atoms with E-state index in [0.717, 1.165) is 16.9 Å². The van der Waals surface area contributed by atoms with Crippen molar-refractivity contribution in [3.63, 3.8) is 0 Å². The largest absolute Gasteiger partial charge is 0.310 e. The minimum absolute atomic E-state index is 0.566. The molecule has 1 aliphatic carbocycles. The summed E-state index contributed by atoms with van der Waals surface area (Å²) in [6.07, 6.45) is 0. The van der Waals surface area contributed by atoms with Crippen molar-refractivity contribution in [2.45, 2.75) is 28.3 Å². The number of fused-ring (bicyclic) bond motifs is 7. The third kappa shape index (κ3) is 7.24. The van der Waals surface area contributed by atoms with Crippen molar-refractivity contribution in [3.05, 3.63) is 326 Å². The number of benzene rings is 12. The summed E-state index contributed by atoms with van der Waals surface area (Å²) in [5, 5.41) is 8.19. The molecule has 15 rings (SSSR count). The first kappa shape index (κ1) is 48.2. The average Bonchev–Trinajstić information content (AvgIpc) is 3.60. The molecule has 0 bridgehead atoms. The lowest BCUT2D eigenvalue weighted by Gasteiger charge is -2.42. The van der Waals surface area contributed by atoms with E-state index in [-0.39, 0.29) is 0 Å². The van der Waals surface area contributed by atoms with E-state index in [1.54, 1.807) is 0 Å². The molecule has 12 aromatic carbocycles. The van der Waals surface area contributed by atoms with Crippen molar-refractivity contribution < 1.29 is 0 Å². The van der Waals surface area contributed by atoms with E-state index in [9.17, 15) is 0 Å². The highest BCUT2D eigenvalue weighted by Crippen LogP contribution is 2.56. The van der Waals surface area contributed by atoms with E-state index >= 15 is 0 Å². The molecule has 80 heavy (non-hydrogen) atoms. The quantitative estimate of drug-likeness (QED) is 0.105. The fraction of sp³-hybridized carbons (Fsp3) is 0.0400. The normalized spacial score (nSPS) is 14.2. The van der Waals surface area contributed by atoms with Crippen molar-refractivity contribution in [2.24, 2.45) is 0 Å². The van der Waals surface area contributed by atoms with E-state index < -0.39 is 21.6 Å². The lowest BCUT2D eigenvalue weighted by atomic mass is 9.68. The van der Waals surface area contributed by atoms with Gasteiger partial charge < -0.3 is 9.80 Å². The topological polar surface area (TPSA) is 6.48 Å².